The van der Waals surface area contributed by atoms with Gasteiger partial charge in [0.25, 0.3) is 0 Å². The van der Waals surface area contributed by atoms with Crippen LogP contribution < -0.4 is 5.63 Å². The third kappa shape index (κ3) is 4.39. The van der Waals surface area contributed by atoms with E-state index in [-0.39, 0.29) is 12.3 Å². The van der Waals surface area contributed by atoms with Gasteiger partial charge in [0.2, 0.25) is 0 Å². The summed E-state index contributed by atoms with van der Waals surface area (Å²) in [5.74, 6) is -0.231. The number of halogens is 1. The molecule has 156 valence electrons. The zero-order valence-corrected chi connectivity index (χ0v) is 17.5. The zero-order valence-electron chi connectivity index (χ0n) is 16.7. The number of esters is 1. The summed E-state index contributed by atoms with van der Waals surface area (Å²) in [4.78, 5) is 24.9. The topological polar surface area (TPSA) is 100 Å². The smallest absolute Gasteiger partial charge is 0.357 e. The first-order valence-corrected chi connectivity index (χ1v) is 9.72. The molecule has 0 unspecified atom stereocenters. The lowest BCUT2D eigenvalue weighted by Gasteiger charge is -2.11. The Morgan fingerprint density at radius 1 is 1.19 bits per heavy atom. The van der Waals surface area contributed by atoms with Gasteiger partial charge in [0.1, 0.15) is 12.2 Å². The van der Waals surface area contributed by atoms with Crippen molar-refractivity contribution in [2.45, 2.75) is 20.5 Å². The van der Waals surface area contributed by atoms with Gasteiger partial charge in [0, 0.05) is 22.0 Å². The van der Waals surface area contributed by atoms with E-state index in [1.807, 2.05) is 37.3 Å². The van der Waals surface area contributed by atoms with Crippen molar-refractivity contribution in [2.75, 3.05) is 0 Å². The van der Waals surface area contributed by atoms with Crippen LogP contribution >= 0.6 is 11.6 Å². The number of fused-ring (bicyclic) bond motifs is 1. The predicted octanol–water partition coefficient (Wildman–Crippen LogP) is 3.79. The van der Waals surface area contributed by atoms with Crippen LogP contribution in [0.25, 0.3) is 22.7 Å². The number of tetrazole rings is 1. The van der Waals surface area contributed by atoms with E-state index in [9.17, 15) is 9.59 Å². The Balaban J connectivity index is 1.68. The van der Waals surface area contributed by atoms with Crippen molar-refractivity contribution >= 4 is 40.3 Å². The van der Waals surface area contributed by atoms with Crippen LogP contribution in [0.1, 0.15) is 22.5 Å². The van der Waals surface area contributed by atoms with Gasteiger partial charge in [-0.05, 0) is 53.6 Å². The summed E-state index contributed by atoms with van der Waals surface area (Å²) in [7, 11) is 0. The molecule has 0 fully saturated rings. The molecule has 0 N–H and O–H groups in total. The van der Waals surface area contributed by atoms with E-state index < -0.39 is 11.6 Å². The van der Waals surface area contributed by atoms with Crippen LogP contribution in [0.3, 0.4) is 0 Å². The normalized spacial score (nSPS) is 11.6. The molecule has 8 nitrogen and oxygen atoms in total. The number of carbonyl (C=O) groups excluding carboxylic acids is 1. The summed E-state index contributed by atoms with van der Waals surface area (Å²) in [5.41, 5.74) is 1.99. The number of hydrogen-bond acceptors (Lipinski definition) is 7. The number of benzene rings is 2. The fraction of sp³-hybridized carbons (Fsp3) is 0.136. The Hall–Kier alpha value is -3.78. The molecule has 0 atom stereocenters. The summed E-state index contributed by atoms with van der Waals surface area (Å²) in [6.45, 7) is 3.32. The third-order valence-corrected chi connectivity index (χ3v) is 5.04. The van der Waals surface area contributed by atoms with Gasteiger partial charge in [-0.2, -0.15) is 4.68 Å². The first kappa shape index (κ1) is 20.5. The molecule has 4 rings (SSSR count). The minimum atomic E-state index is -0.654. The molecule has 2 aromatic carbocycles. The molecule has 0 amide bonds. The van der Waals surface area contributed by atoms with Crippen LogP contribution in [0.15, 0.2) is 57.7 Å². The molecule has 0 aliphatic carbocycles. The number of aromatic nitrogens is 4. The van der Waals surface area contributed by atoms with Crippen LogP contribution in [0.2, 0.25) is 5.02 Å². The van der Waals surface area contributed by atoms with Gasteiger partial charge in [0.05, 0.1) is 0 Å². The SMILES string of the molecule is Cc1cc2oc(=O)cc(COC(=O)/C(=C/c3ccccc3)n3nnnc3C)c2cc1Cl. The number of rotatable bonds is 5. The fourth-order valence-corrected chi connectivity index (χ4v) is 3.22. The molecule has 0 spiro atoms. The van der Waals surface area contributed by atoms with Gasteiger partial charge >= 0.3 is 11.6 Å². The van der Waals surface area contributed by atoms with Crippen molar-refractivity contribution in [1.29, 1.82) is 0 Å². The highest BCUT2D eigenvalue weighted by atomic mass is 35.5. The minimum absolute atomic E-state index is 0.134. The van der Waals surface area contributed by atoms with Crippen molar-refractivity contribution in [3.05, 3.63) is 86.5 Å². The maximum absolute atomic E-state index is 13.0. The first-order valence-electron chi connectivity index (χ1n) is 9.34. The molecule has 9 heteroatoms. The van der Waals surface area contributed by atoms with Gasteiger partial charge in [-0.1, -0.05) is 41.9 Å². The predicted molar refractivity (Wildman–Crippen MR) is 115 cm³/mol. The van der Waals surface area contributed by atoms with Crippen LogP contribution in [-0.4, -0.2) is 26.2 Å². The van der Waals surface area contributed by atoms with Gasteiger partial charge in [-0.3, -0.25) is 0 Å². The molecule has 31 heavy (non-hydrogen) atoms. The molecule has 0 saturated carbocycles. The molecule has 0 aliphatic rings. The quantitative estimate of drug-likeness (QED) is 0.266. The highest BCUT2D eigenvalue weighted by Gasteiger charge is 2.19. The van der Waals surface area contributed by atoms with E-state index in [0.29, 0.717) is 27.4 Å². The standard InChI is InChI=1S/C22H17ClN4O4/c1-13-8-20-17(11-18(13)23)16(10-21(28)31-20)12-30-22(29)19(27-14(2)24-25-26-27)9-15-6-4-3-5-7-15/h3-11H,12H2,1-2H3/b19-9-. The average Bonchev–Trinajstić information content (AvgIpc) is 3.17. The van der Waals surface area contributed by atoms with Crippen LogP contribution in [0.4, 0.5) is 0 Å². The Morgan fingerprint density at radius 3 is 2.68 bits per heavy atom. The number of hydrogen-bond donors (Lipinski definition) is 0. The Bertz CT molecular complexity index is 1360. The lowest BCUT2D eigenvalue weighted by molar-refractivity contribution is -0.138. The Kier molecular flexibility index (Phi) is 5.64. The number of ether oxygens (including phenoxy) is 1. The largest absolute Gasteiger partial charge is 0.456 e. The van der Waals surface area contributed by atoms with E-state index in [4.69, 9.17) is 20.8 Å². The van der Waals surface area contributed by atoms with Crippen molar-refractivity contribution in [3.63, 3.8) is 0 Å². The summed E-state index contributed by atoms with van der Waals surface area (Å²) in [5, 5.41) is 12.4. The second-order valence-electron chi connectivity index (χ2n) is 6.84. The molecule has 0 bridgehead atoms. The van der Waals surface area contributed by atoms with E-state index >= 15 is 0 Å². The highest BCUT2D eigenvalue weighted by Crippen LogP contribution is 2.26. The van der Waals surface area contributed by atoms with E-state index in [2.05, 4.69) is 15.5 Å². The van der Waals surface area contributed by atoms with Gasteiger partial charge in [-0.15, -0.1) is 5.10 Å². The maximum Gasteiger partial charge on any atom is 0.357 e. The van der Waals surface area contributed by atoms with E-state index in [1.165, 1.54) is 10.7 Å². The molecule has 0 radical (unpaired) electrons. The minimum Gasteiger partial charge on any atom is -0.456 e. The molecular formula is C22H17ClN4O4. The van der Waals surface area contributed by atoms with Crippen LogP contribution in [-0.2, 0) is 16.1 Å². The second-order valence-corrected chi connectivity index (χ2v) is 7.25. The van der Waals surface area contributed by atoms with Crippen molar-refractivity contribution in [1.82, 2.24) is 20.2 Å². The molecular weight excluding hydrogens is 420 g/mol. The fourth-order valence-electron chi connectivity index (χ4n) is 3.05. The summed E-state index contributed by atoms with van der Waals surface area (Å²) in [6, 6.07) is 13.9. The molecule has 4 aromatic rings. The van der Waals surface area contributed by atoms with Crippen molar-refractivity contribution < 1.29 is 13.9 Å². The van der Waals surface area contributed by atoms with Gasteiger partial charge in [0.15, 0.2) is 11.5 Å². The average molecular weight is 437 g/mol. The Labute approximate surface area is 181 Å². The molecule has 0 saturated heterocycles. The van der Waals surface area contributed by atoms with Crippen molar-refractivity contribution in [3.8, 4) is 0 Å². The lowest BCUT2D eigenvalue weighted by Crippen LogP contribution is -2.15. The molecule has 2 heterocycles. The molecule has 0 aliphatic heterocycles. The monoisotopic (exact) mass is 436 g/mol. The van der Waals surface area contributed by atoms with Gasteiger partial charge < -0.3 is 9.15 Å². The molecule has 2 aromatic heterocycles. The lowest BCUT2D eigenvalue weighted by atomic mass is 10.1. The highest BCUT2D eigenvalue weighted by molar-refractivity contribution is 6.32. The summed E-state index contributed by atoms with van der Waals surface area (Å²) in [6.07, 6.45) is 1.63. The van der Waals surface area contributed by atoms with Gasteiger partial charge in [-0.25, -0.2) is 9.59 Å². The number of nitrogens with zero attached hydrogens (tertiary/aromatic N) is 4. The summed E-state index contributed by atoms with van der Waals surface area (Å²) >= 11 is 6.23. The maximum atomic E-state index is 13.0. The Morgan fingerprint density at radius 2 is 1.97 bits per heavy atom. The van der Waals surface area contributed by atoms with E-state index in [0.717, 1.165) is 11.1 Å². The number of aryl methyl sites for hydroxylation is 2. The summed E-state index contributed by atoms with van der Waals surface area (Å²) < 4.78 is 12.1. The second kappa shape index (κ2) is 8.53. The zero-order chi connectivity index (χ0) is 22.0. The van der Waals surface area contributed by atoms with Crippen LogP contribution in [0.5, 0.6) is 0 Å². The van der Waals surface area contributed by atoms with E-state index in [1.54, 1.807) is 25.1 Å². The third-order valence-electron chi connectivity index (χ3n) is 4.63. The first-order chi connectivity index (χ1) is 14.9. The van der Waals surface area contributed by atoms with Crippen LogP contribution in [0, 0.1) is 13.8 Å². The number of carbonyl (C=O) groups is 1. The van der Waals surface area contributed by atoms with Crippen molar-refractivity contribution in [2.24, 2.45) is 0 Å².